The van der Waals surface area contributed by atoms with Crippen LogP contribution in [0.25, 0.3) is 10.4 Å². The normalized spacial score (nSPS) is 17.6. The molecule has 3 aliphatic rings. The number of halogens is 1. The van der Waals surface area contributed by atoms with E-state index < -0.39 is 10.0 Å². The molecular formula is C38H41FN4O4S2. The Bertz CT molecular complexity index is 1970. The van der Waals surface area contributed by atoms with E-state index in [1.165, 1.54) is 17.4 Å². The number of amides is 1. The van der Waals surface area contributed by atoms with Gasteiger partial charge in [-0.05, 0) is 79.6 Å². The molecule has 0 unspecified atom stereocenters. The molecule has 7 rings (SSSR count). The Morgan fingerprint density at radius 1 is 0.898 bits per heavy atom. The number of hydrogen-bond acceptors (Lipinski definition) is 7. The third kappa shape index (κ3) is 6.80. The van der Waals surface area contributed by atoms with Crippen molar-refractivity contribution in [3.63, 3.8) is 0 Å². The Morgan fingerprint density at radius 3 is 2.51 bits per heavy atom. The highest BCUT2D eigenvalue weighted by Gasteiger charge is 2.34. The molecule has 2 fully saturated rings. The van der Waals surface area contributed by atoms with Crippen LogP contribution in [0.5, 0.6) is 0 Å². The number of ketones is 1. The van der Waals surface area contributed by atoms with Crippen LogP contribution in [-0.4, -0.2) is 67.4 Å². The maximum atomic E-state index is 14.5. The first-order valence-electron chi connectivity index (χ1n) is 17.2. The quantitative estimate of drug-likeness (QED) is 0.192. The van der Waals surface area contributed by atoms with Crippen molar-refractivity contribution in [2.45, 2.75) is 63.5 Å². The number of carbonyl (C=O) groups is 2. The fourth-order valence-electron chi connectivity index (χ4n) is 7.39. The summed E-state index contributed by atoms with van der Waals surface area (Å²) in [5.74, 6) is -0.0460. The van der Waals surface area contributed by atoms with Crippen molar-refractivity contribution in [2.24, 2.45) is 0 Å². The number of aromatic nitrogens is 1. The molecule has 1 saturated carbocycles. The van der Waals surface area contributed by atoms with Gasteiger partial charge in [0.1, 0.15) is 17.3 Å². The Balaban J connectivity index is 1.09. The number of para-hydroxylation sites is 1. The molecule has 1 saturated heterocycles. The van der Waals surface area contributed by atoms with E-state index in [1.807, 2.05) is 55.5 Å². The summed E-state index contributed by atoms with van der Waals surface area (Å²) in [4.78, 5) is 37.7. The second-order valence-corrected chi connectivity index (χ2v) is 16.5. The van der Waals surface area contributed by atoms with Crippen molar-refractivity contribution in [1.29, 1.82) is 0 Å². The maximum absolute atomic E-state index is 14.5. The van der Waals surface area contributed by atoms with Crippen LogP contribution in [0.4, 0.5) is 15.9 Å². The van der Waals surface area contributed by atoms with E-state index in [1.54, 1.807) is 21.3 Å². The summed E-state index contributed by atoms with van der Waals surface area (Å²) in [7, 11) is -3.33. The molecule has 11 heteroatoms. The fourth-order valence-corrected chi connectivity index (χ4v) is 10.6. The van der Waals surface area contributed by atoms with Crippen LogP contribution in [0.15, 0.2) is 66.7 Å². The van der Waals surface area contributed by atoms with Gasteiger partial charge < -0.3 is 9.80 Å². The van der Waals surface area contributed by atoms with E-state index in [-0.39, 0.29) is 29.2 Å². The van der Waals surface area contributed by atoms with Gasteiger partial charge in [0.2, 0.25) is 10.0 Å². The van der Waals surface area contributed by atoms with Crippen LogP contribution in [0.1, 0.15) is 75.4 Å². The van der Waals surface area contributed by atoms with E-state index in [2.05, 4.69) is 4.90 Å². The lowest BCUT2D eigenvalue weighted by molar-refractivity contribution is 0.0978. The molecule has 1 amide bonds. The Hall–Kier alpha value is -3.93. The Labute approximate surface area is 291 Å². The van der Waals surface area contributed by atoms with Crippen molar-refractivity contribution in [3.8, 4) is 10.4 Å². The van der Waals surface area contributed by atoms with Crippen LogP contribution in [-0.2, 0) is 22.9 Å². The standard InChI is InChI=1S/C38H41FN4O4S2/c1-26-10-7-14-31(39)30(26)25-34(44)35-24-27-18-21-43(33-16-6-5-13-29(33)37(27)48-35)38(45)32-15-8-17-36(40-32)41-19-9-20-42(23-22-41)49(46,47)28-11-3-2-4-12-28/h5-8,10,13-17,24,28H,2-4,9,11-12,18-23,25H2,1H3. The molecule has 49 heavy (non-hydrogen) atoms. The lowest BCUT2D eigenvalue weighted by atomic mass is 10.0. The number of Topliss-reactive ketones (excluding diaryl/α,β-unsaturated/α-hetero) is 1. The van der Waals surface area contributed by atoms with Gasteiger partial charge in [-0.25, -0.2) is 17.8 Å². The van der Waals surface area contributed by atoms with Crippen LogP contribution < -0.4 is 9.80 Å². The Kier molecular flexibility index (Phi) is 9.68. The SMILES string of the molecule is Cc1cccc(F)c1CC(=O)c1cc2c(s1)-c1ccccc1N(C(=O)c1cccc(N3CCCN(S(=O)(=O)C4CCCCC4)CC3)n1)CC2. The highest BCUT2D eigenvalue weighted by atomic mass is 32.2. The van der Waals surface area contributed by atoms with Gasteiger partial charge in [0.15, 0.2) is 5.78 Å². The number of benzene rings is 2. The molecule has 0 atom stereocenters. The van der Waals surface area contributed by atoms with E-state index >= 15 is 0 Å². The van der Waals surface area contributed by atoms with Crippen molar-refractivity contribution in [3.05, 3.63) is 99.8 Å². The molecule has 0 N–H and O–H groups in total. The maximum Gasteiger partial charge on any atom is 0.276 e. The van der Waals surface area contributed by atoms with Gasteiger partial charge in [0.25, 0.3) is 5.91 Å². The summed E-state index contributed by atoms with van der Waals surface area (Å²) in [5, 5.41) is -0.275. The lowest BCUT2D eigenvalue weighted by Gasteiger charge is -2.29. The predicted octanol–water partition coefficient (Wildman–Crippen LogP) is 7.06. The molecule has 0 bridgehead atoms. The Morgan fingerprint density at radius 2 is 1.69 bits per heavy atom. The van der Waals surface area contributed by atoms with E-state index in [0.29, 0.717) is 67.5 Å². The predicted molar refractivity (Wildman–Crippen MR) is 193 cm³/mol. The minimum Gasteiger partial charge on any atom is -0.355 e. The van der Waals surface area contributed by atoms with Gasteiger partial charge in [0.05, 0.1) is 15.8 Å². The number of sulfonamides is 1. The summed E-state index contributed by atoms with van der Waals surface area (Å²) >= 11 is 1.39. The van der Waals surface area contributed by atoms with Gasteiger partial charge in [-0.2, -0.15) is 4.31 Å². The topological polar surface area (TPSA) is 90.9 Å². The van der Waals surface area contributed by atoms with Crippen molar-refractivity contribution >= 4 is 44.6 Å². The summed E-state index contributed by atoms with van der Waals surface area (Å²) < 4.78 is 43.0. The summed E-state index contributed by atoms with van der Waals surface area (Å²) in [6.45, 7) is 4.30. The molecule has 0 radical (unpaired) electrons. The molecule has 4 heterocycles. The van der Waals surface area contributed by atoms with E-state index in [9.17, 15) is 22.4 Å². The zero-order chi connectivity index (χ0) is 34.1. The second kappa shape index (κ2) is 14.1. The van der Waals surface area contributed by atoms with Gasteiger partial charge in [-0.1, -0.05) is 55.7 Å². The van der Waals surface area contributed by atoms with Crippen molar-refractivity contribution in [1.82, 2.24) is 9.29 Å². The number of carbonyl (C=O) groups excluding carboxylic acids is 2. The number of thiophene rings is 1. The molecule has 1 aliphatic carbocycles. The molecule has 256 valence electrons. The van der Waals surface area contributed by atoms with Crippen molar-refractivity contribution < 1.29 is 22.4 Å². The molecule has 4 aromatic rings. The van der Waals surface area contributed by atoms with Gasteiger partial charge in [0, 0.05) is 49.6 Å². The lowest BCUT2D eigenvalue weighted by Crippen LogP contribution is -2.41. The van der Waals surface area contributed by atoms with Crippen molar-refractivity contribution in [2.75, 3.05) is 42.5 Å². The zero-order valence-electron chi connectivity index (χ0n) is 27.7. The zero-order valence-corrected chi connectivity index (χ0v) is 29.4. The first-order chi connectivity index (χ1) is 23.7. The fraction of sp³-hybridized carbons (Fsp3) is 0.395. The number of fused-ring (bicyclic) bond motifs is 3. The van der Waals surface area contributed by atoms with Crippen LogP contribution in [0, 0.1) is 12.7 Å². The number of aryl methyl sites for hydroxylation is 1. The largest absolute Gasteiger partial charge is 0.355 e. The highest BCUT2D eigenvalue weighted by Crippen LogP contribution is 2.42. The monoisotopic (exact) mass is 700 g/mol. The average Bonchev–Trinajstić information content (AvgIpc) is 3.28. The second-order valence-electron chi connectivity index (χ2n) is 13.2. The number of anilines is 2. The van der Waals surface area contributed by atoms with E-state index in [4.69, 9.17) is 4.98 Å². The summed E-state index contributed by atoms with van der Waals surface area (Å²) in [6.07, 6.45) is 5.79. The van der Waals surface area contributed by atoms with Gasteiger partial charge in [-0.3, -0.25) is 9.59 Å². The molecule has 8 nitrogen and oxygen atoms in total. The van der Waals surface area contributed by atoms with Crippen LogP contribution in [0.2, 0.25) is 0 Å². The molecule has 2 aromatic carbocycles. The van der Waals surface area contributed by atoms with Crippen LogP contribution in [0.3, 0.4) is 0 Å². The molecule has 2 aliphatic heterocycles. The van der Waals surface area contributed by atoms with Gasteiger partial charge in [-0.15, -0.1) is 11.3 Å². The number of pyridine rings is 1. The highest BCUT2D eigenvalue weighted by molar-refractivity contribution is 7.89. The summed E-state index contributed by atoms with van der Waals surface area (Å²) in [5.41, 5.74) is 4.11. The smallest absolute Gasteiger partial charge is 0.276 e. The number of rotatable bonds is 7. The first-order valence-corrected chi connectivity index (χ1v) is 19.5. The minimum absolute atomic E-state index is 0.00243. The molecule has 2 aromatic heterocycles. The number of hydrogen-bond donors (Lipinski definition) is 0. The molecule has 0 spiro atoms. The average molecular weight is 701 g/mol. The minimum atomic E-state index is -3.33. The summed E-state index contributed by atoms with van der Waals surface area (Å²) in [6, 6.07) is 19.9. The van der Waals surface area contributed by atoms with Crippen LogP contribution >= 0.6 is 11.3 Å². The van der Waals surface area contributed by atoms with E-state index in [0.717, 1.165) is 59.4 Å². The molecular weight excluding hydrogens is 660 g/mol. The van der Waals surface area contributed by atoms with Gasteiger partial charge >= 0.3 is 0 Å². The third-order valence-corrected chi connectivity index (χ3v) is 13.8. The number of nitrogens with zero attached hydrogens (tertiary/aromatic N) is 4. The first kappa shape index (κ1) is 33.6. The third-order valence-electron chi connectivity index (χ3n) is 10.1.